The van der Waals surface area contributed by atoms with Gasteiger partial charge in [-0.25, -0.2) is 14.4 Å². The van der Waals surface area contributed by atoms with Crippen LogP contribution >= 0.6 is 0 Å². The molecular formula is C17H22N2O5. The average molecular weight is 334 g/mol. The molecule has 7 nitrogen and oxygen atoms in total. The van der Waals surface area contributed by atoms with E-state index in [9.17, 15) is 14.4 Å². The Morgan fingerprint density at radius 1 is 1.29 bits per heavy atom. The predicted molar refractivity (Wildman–Crippen MR) is 86.3 cm³/mol. The summed E-state index contributed by atoms with van der Waals surface area (Å²) in [6, 6.07) is 6.46. The molecule has 0 spiro atoms. The summed E-state index contributed by atoms with van der Waals surface area (Å²) in [6.07, 6.45) is -0.702. The number of carbonyl (C=O) groups is 3. The number of hydrogen-bond acceptors (Lipinski definition) is 5. The van der Waals surface area contributed by atoms with Gasteiger partial charge in [0.25, 0.3) is 0 Å². The molecule has 2 N–H and O–H groups in total. The van der Waals surface area contributed by atoms with Gasteiger partial charge in [0.2, 0.25) is 6.10 Å². The van der Waals surface area contributed by atoms with Crippen molar-refractivity contribution >= 4 is 18.0 Å². The van der Waals surface area contributed by atoms with E-state index >= 15 is 0 Å². The van der Waals surface area contributed by atoms with Crippen molar-refractivity contribution in [1.29, 1.82) is 0 Å². The molecule has 0 aliphatic carbocycles. The highest BCUT2D eigenvalue weighted by molar-refractivity contribution is 5.91. The van der Waals surface area contributed by atoms with Crippen LogP contribution in [0.1, 0.15) is 43.1 Å². The number of nitrogens with one attached hydrogen (secondary N) is 2. The molecule has 1 aromatic rings. The van der Waals surface area contributed by atoms with Gasteiger partial charge in [-0.2, -0.15) is 0 Å². The fourth-order valence-electron chi connectivity index (χ4n) is 2.27. The number of hydrogen-bond donors (Lipinski definition) is 2. The van der Waals surface area contributed by atoms with Crippen molar-refractivity contribution in [2.45, 2.75) is 52.0 Å². The van der Waals surface area contributed by atoms with E-state index in [-0.39, 0.29) is 18.2 Å². The summed E-state index contributed by atoms with van der Waals surface area (Å²) < 4.78 is 10.1. The van der Waals surface area contributed by atoms with E-state index in [0.717, 1.165) is 5.56 Å². The molecule has 1 aliphatic heterocycles. The summed E-state index contributed by atoms with van der Waals surface area (Å²) in [6.45, 7) is 5.85. The summed E-state index contributed by atoms with van der Waals surface area (Å²) in [4.78, 5) is 35.0. The molecule has 0 bridgehead atoms. The quantitative estimate of drug-likeness (QED) is 0.800. The van der Waals surface area contributed by atoms with Crippen molar-refractivity contribution in [3.63, 3.8) is 0 Å². The molecule has 0 radical (unpaired) electrons. The Kier molecular flexibility index (Phi) is 5.78. The number of urea groups is 1. The molecule has 0 aromatic heterocycles. The molecule has 24 heavy (non-hydrogen) atoms. The summed E-state index contributed by atoms with van der Waals surface area (Å²) in [5, 5.41) is 5.44. The number of benzene rings is 1. The number of ether oxygens (including phenoxy) is 2. The van der Waals surface area contributed by atoms with Gasteiger partial charge < -0.3 is 20.1 Å². The zero-order chi connectivity index (χ0) is 17.7. The minimum absolute atomic E-state index is 0.0622. The molecule has 2 atom stereocenters. The van der Waals surface area contributed by atoms with Gasteiger partial charge in [0.15, 0.2) is 0 Å². The third-order valence-corrected chi connectivity index (χ3v) is 3.44. The van der Waals surface area contributed by atoms with Gasteiger partial charge >= 0.3 is 18.0 Å². The minimum Gasteiger partial charge on any atom is -0.460 e. The lowest BCUT2D eigenvalue weighted by molar-refractivity contribution is -0.147. The van der Waals surface area contributed by atoms with Gasteiger partial charge in [-0.1, -0.05) is 12.1 Å². The topological polar surface area (TPSA) is 93.7 Å². The van der Waals surface area contributed by atoms with Gasteiger partial charge in [-0.15, -0.1) is 0 Å². The Hall–Kier alpha value is -2.57. The van der Waals surface area contributed by atoms with E-state index in [2.05, 4.69) is 10.6 Å². The zero-order valence-electron chi connectivity index (χ0n) is 14.0. The van der Waals surface area contributed by atoms with Crippen molar-refractivity contribution in [3.8, 4) is 0 Å². The smallest absolute Gasteiger partial charge is 0.347 e. The van der Waals surface area contributed by atoms with Crippen LogP contribution in [-0.2, 0) is 20.8 Å². The van der Waals surface area contributed by atoms with Gasteiger partial charge in [0, 0.05) is 19.0 Å². The van der Waals surface area contributed by atoms with Crippen molar-refractivity contribution in [1.82, 2.24) is 10.6 Å². The molecule has 130 valence electrons. The first-order valence-corrected chi connectivity index (χ1v) is 7.90. The van der Waals surface area contributed by atoms with Gasteiger partial charge in [0.1, 0.15) is 6.10 Å². The Bertz CT molecular complexity index is 612. The predicted octanol–water partition coefficient (Wildman–Crippen LogP) is 1.75. The summed E-state index contributed by atoms with van der Waals surface area (Å²) >= 11 is 0. The lowest BCUT2D eigenvalue weighted by Crippen LogP contribution is -2.39. The molecule has 2 amide bonds. The Morgan fingerprint density at radius 2 is 1.96 bits per heavy atom. The fourth-order valence-corrected chi connectivity index (χ4v) is 2.27. The highest BCUT2D eigenvalue weighted by atomic mass is 16.6. The van der Waals surface area contributed by atoms with E-state index in [1.165, 1.54) is 0 Å². The lowest BCUT2D eigenvalue weighted by atomic mass is 10.1. The average Bonchev–Trinajstić information content (AvgIpc) is 2.82. The van der Waals surface area contributed by atoms with E-state index < -0.39 is 18.0 Å². The molecule has 1 saturated heterocycles. The van der Waals surface area contributed by atoms with Crippen LogP contribution in [0.2, 0.25) is 0 Å². The van der Waals surface area contributed by atoms with Crippen molar-refractivity contribution in [2.24, 2.45) is 0 Å². The maximum absolute atomic E-state index is 12.0. The normalized spacial score (nSPS) is 19.8. The molecule has 7 heteroatoms. The molecule has 1 aromatic carbocycles. The largest absolute Gasteiger partial charge is 0.460 e. The van der Waals surface area contributed by atoms with Crippen molar-refractivity contribution in [2.75, 3.05) is 0 Å². The maximum atomic E-state index is 12.0. The number of cyclic esters (lactones) is 1. The Balaban J connectivity index is 1.86. The lowest BCUT2D eigenvalue weighted by Gasteiger charge is -2.11. The highest BCUT2D eigenvalue weighted by Crippen LogP contribution is 2.19. The molecule has 0 saturated carbocycles. The minimum atomic E-state index is -0.839. The van der Waals surface area contributed by atoms with Crippen molar-refractivity contribution < 1.29 is 23.9 Å². The molecule has 0 unspecified atom stereocenters. The first kappa shape index (κ1) is 17.8. The second kappa shape index (κ2) is 7.81. The first-order valence-electron chi connectivity index (χ1n) is 7.90. The zero-order valence-corrected chi connectivity index (χ0v) is 14.0. The number of amides is 2. The Morgan fingerprint density at radius 3 is 2.50 bits per heavy atom. The van der Waals surface area contributed by atoms with E-state index in [4.69, 9.17) is 9.47 Å². The SMILES string of the molecule is CC(C)NC(=O)NCc1ccc(C(=O)O[C@@H]2C[C@@H](C)OC2=O)cc1. The number of rotatable bonds is 5. The molecule has 1 fully saturated rings. The Labute approximate surface area is 140 Å². The molecule has 1 heterocycles. The molecular weight excluding hydrogens is 312 g/mol. The highest BCUT2D eigenvalue weighted by Gasteiger charge is 2.35. The summed E-state index contributed by atoms with van der Waals surface area (Å²) in [5.41, 5.74) is 1.19. The number of carbonyl (C=O) groups excluding carboxylic acids is 3. The number of esters is 2. The fraction of sp³-hybridized carbons (Fsp3) is 0.471. The molecule has 2 rings (SSSR count). The van der Waals surface area contributed by atoms with Crippen LogP contribution in [0, 0.1) is 0 Å². The van der Waals surface area contributed by atoms with Crippen LogP contribution in [-0.4, -0.2) is 36.2 Å². The van der Waals surface area contributed by atoms with Crippen LogP contribution in [0.5, 0.6) is 0 Å². The third-order valence-electron chi connectivity index (χ3n) is 3.44. The van der Waals surface area contributed by atoms with Crippen LogP contribution in [0.15, 0.2) is 24.3 Å². The maximum Gasteiger partial charge on any atom is 0.347 e. The third kappa shape index (κ3) is 4.97. The van der Waals surface area contributed by atoms with Crippen LogP contribution in [0.25, 0.3) is 0 Å². The second-order valence-electron chi connectivity index (χ2n) is 6.06. The van der Waals surface area contributed by atoms with Gasteiger partial charge in [-0.3, -0.25) is 0 Å². The van der Waals surface area contributed by atoms with Crippen LogP contribution < -0.4 is 10.6 Å². The summed E-state index contributed by atoms with van der Waals surface area (Å²) in [7, 11) is 0. The second-order valence-corrected chi connectivity index (χ2v) is 6.06. The van der Waals surface area contributed by atoms with E-state index in [1.54, 1.807) is 31.2 Å². The monoisotopic (exact) mass is 334 g/mol. The summed E-state index contributed by atoms with van der Waals surface area (Å²) in [5.74, 6) is -1.07. The van der Waals surface area contributed by atoms with Gasteiger partial charge in [-0.05, 0) is 38.5 Å². The molecule has 1 aliphatic rings. The van der Waals surface area contributed by atoms with Crippen LogP contribution in [0.4, 0.5) is 4.79 Å². The van der Waals surface area contributed by atoms with E-state index in [1.807, 2.05) is 13.8 Å². The van der Waals surface area contributed by atoms with E-state index in [0.29, 0.717) is 18.5 Å². The van der Waals surface area contributed by atoms with Crippen molar-refractivity contribution in [3.05, 3.63) is 35.4 Å². The van der Waals surface area contributed by atoms with Crippen LogP contribution in [0.3, 0.4) is 0 Å². The standard InChI is InChI=1S/C17H22N2O5/c1-10(2)19-17(22)18-9-12-4-6-13(7-5-12)15(20)24-14-8-11(3)23-16(14)21/h4-7,10-11,14H,8-9H2,1-3H3,(H2,18,19,22)/t11-,14-/m1/s1. The van der Waals surface area contributed by atoms with Gasteiger partial charge in [0.05, 0.1) is 5.56 Å². The first-order chi connectivity index (χ1) is 11.3.